The lowest BCUT2D eigenvalue weighted by Crippen LogP contribution is -2.32. The molecule has 2 aromatic rings. The number of hydrogen-bond donors (Lipinski definition) is 1. The molecule has 0 atom stereocenters. The third-order valence-electron chi connectivity index (χ3n) is 2.06. The van der Waals surface area contributed by atoms with Gasteiger partial charge in [0.05, 0.1) is 17.2 Å². The number of imidazole rings is 1. The topological polar surface area (TPSA) is 77.0 Å². The molecule has 0 saturated carbocycles. The molecule has 2 aromatic heterocycles. The molecule has 0 aromatic carbocycles. The zero-order chi connectivity index (χ0) is 12.6. The van der Waals surface area contributed by atoms with Crippen molar-refractivity contribution in [1.29, 1.82) is 0 Å². The molecule has 17 heavy (non-hydrogen) atoms. The van der Waals surface area contributed by atoms with Gasteiger partial charge in [-0.05, 0) is 26.8 Å². The summed E-state index contributed by atoms with van der Waals surface area (Å²) in [6.07, 6.45) is 2.27. The van der Waals surface area contributed by atoms with Gasteiger partial charge in [-0.2, -0.15) is 4.57 Å². The van der Waals surface area contributed by atoms with Crippen LogP contribution in [0.1, 0.15) is 20.8 Å². The van der Waals surface area contributed by atoms with E-state index in [4.69, 9.17) is 4.74 Å². The molecule has 0 fully saturated rings. The van der Waals surface area contributed by atoms with Crippen molar-refractivity contribution in [3.8, 4) is 0 Å². The van der Waals surface area contributed by atoms with Gasteiger partial charge in [-0.3, -0.25) is 4.98 Å². The number of pyridine rings is 1. The van der Waals surface area contributed by atoms with Crippen molar-refractivity contribution in [2.45, 2.75) is 26.4 Å². The van der Waals surface area contributed by atoms with Crippen molar-refractivity contribution in [1.82, 2.24) is 14.5 Å². The number of carbonyl (C=O) groups is 1. The van der Waals surface area contributed by atoms with E-state index in [-0.39, 0.29) is 0 Å². The highest BCUT2D eigenvalue weighted by Crippen LogP contribution is 2.12. The van der Waals surface area contributed by atoms with Gasteiger partial charge in [-0.25, -0.2) is 9.59 Å². The van der Waals surface area contributed by atoms with Crippen molar-refractivity contribution in [3.05, 3.63) is 28.9 Å². The number of nitrogens with zero attached hydrogens (tertiary/aromatic N) is 2. The third kappa shape index (κ3) is 2.20. The lowest BCUT2D eigenvalue weighted by molar-refractivity contribution is 0.0538. The molecular weight excluding hydrogens is 222 g/mol. The molecule has 2 rings (SSSR count). The summed E-state index contributed by atoms with van der Waals surface area (Å²) in [7, 11) is 0. The van der Waals surface area contributed by atoms with Crippen molar-refractivity contribution in [3.63, 3.8) is 0 Å². The average Bonchev–Trinajstić information content (AvgIpc) is 2.50. The van der Waals surface area contributed by atoms with Crippen LogP contribution in [0.2, 0.25) is 0 Å². The number of fused-ring (bicyclic) bond motifs is 1. The lowest BCUT2D eigenvalue weighted by Gasteiger charge is -2.19. The van der Waals surface area contributed by atoms with Gasteiger partial charge in [0.2, 0.25) is 0 Å². The first-order valence-corrected chi connectivity index (χ1v) is 5.16. The molecule has 2 heterocycles. The van der Waals surface area contributed by atoms with Crippen LogP contribution in [0.3, 0.4) is 0 Å². The smallest absolute Gasteiger partial charge is 0.423 e. The number of aromatic nitrogens is 3. The van der Waals surface area contributed by atoms with Crippen molar-refractivity contribution in [2.24, 2.45) is 0 Å². The highest BCUT2D eigenvalue weighted by molar-refractivity contribution is 5.85. The molecule has 0 radical (unpaired) electrons. The molecule has 0 saturated heterocycles. The van der Waals surface area contributed by atoms with E-state index >= 15 is 0 Å². The van der Waals surface area contributed by atoms with Gasteiger partial charge >= 0.3 is 11.8 Å². The van der Waals surface area contributed by atoms with Gasteiger partial charge in [-0.1, -0.05) is 0 Å². The van der Waals surface area contributed by atoms with Crippen molar-refractivity contribution < 1.29 is 9.53 Å². The zero-order valence-corrected chi connectivity index (χ0v) is 9.85. The van der Waals surface area contributed by atoms with Crippen LogP contribution in [0.25, 0.3) is 11.0 Å². The summed E-state index contributed by atoms with van der Waals surface area (Å²) in [5.41, 5.74) is -0.215. The first-order chi connectivity index (χ1) is 7.88. The summed E-state index contributed by atoms with van der Waals surface area (Å²) in [5.74, 6) is 0. The Balaban J connectivity index is 2.52. The SMILES string of the molecule is CC(C)(C)OC(=O)n1c(=O)[nH]c2ccncc21. The van der Waals surface area contributed by atoms with Crippen LogP contribution in [0, 0.1) is 0 Å². The summed E-state index contributed by atoms with van der Waals surface area (Å²) in [6, 6.07) is 1.62. The Morgan fingerprint density at radius 3 is 2.82 bits per heavy atom. The van der Waals surface area contributed by atoms with Crippen molar-refractivity contribution >= 4 is 17.1 Å². The molecule has 6 nitrogen and oxygen atoms in total. The molecule has 0 aliphatic rings. The normalized spacial score (nSPS) is 11.7. The minimum Gasteiger partial charge on any atom is -0.443 e. The predicted octanol–water partition coefficient (Wildman–Crippen LogP) is 1.51. The number of nitrogens with one attached hydrogen (secondary N) is 1. The largest absolute Gasteiger partial charge is 0.443 e. The molecule has 0 aliphatic heterocycles. The van der Waals surface area contributed by atoms with E-state index in [1.165, 1.54) is 12.4 Å². The molecule has 0 unspecified atom stereocenters. The Kier molecular flexibility index (Phi) is 2.49. The first kappa shape index (κ1) is 11.4. The summed E-state index contributed by atoms with van der Waals surface area (Å²) >= 11 is 0. The lowest BCUT2D eigenvalue weighted by atomic mass is 10.2. The van der Waals surface area contributed by atoms with Gasteiger partial charge < -0.3 is 9.72 Å². The van der Waals surface area contributed by atoms with E-state index < -0.39 is 17.4 Å². The summed E-state index contributed by atoms with van der Waals surface area (Å²) in [6.45, 7) is 5.22. The van der Waals surface area contributed by atoms with Crippen molar-refractivity contribution in [2.75, 3.05) is 0 Å². The molecular formula is C11H13N3O3. The summed E-state index contributed by atoms with van der Waals surface area (Å²) in [4.78, 5) is 29.9. The van der Waals surface area contributed by atoms with Gasteiger partial charge in [0.15, 0.2) is 0 Å². The Morgan fingerprint density at radius 2 is 2.18 bits per heavy atom. The fourth-order valence-corrected chi connectivity index (χ4v) is 1.44. The van der Waals surface area contributed by atoms with Crippen LogP contribution in [-0.2, 0) is 4.74 Å². The van der Waals surface area contributed by atoms with E-state index in [0.29, 0.717) is 11.0 Å². The fraction of sp³-hybridized carbons (Fsp3) is 0.364. The van der Waals surface area contributed by atoms with Gasteiger partial charge in [-0.15, -0.1) is 0 Å². The molecule has 6 heteroatoms. The third-order valence-corrected chi connectivity index (χ3v) is 2.06. The maximum Gasteiger partial charge on any atom is 0.423 e. The average molecular weight is 235 g/mol. The van der Waals surface area contributed by atoms with Gasteiger partial charge in [0.1, 0.15) is 5.60 Å². The Morgan fingerprint density at radius 1 is 1.47 bits per heavy atom. The highest BCUT2D eigenvalue weighted by Gasteiger charge is 2.21. The Bertz CT molecular complexity index is 619. The van der Waals surface area contributed by atoms with Crippen LogP contribution in [0.4, 0.5) is 4.79 Å². The van der Waals surface area contributed by atoms with E-state index in [1.54, 1.807) is 26.8 Å². The van der Waals surface area contributed by atoms with E-state index in [0.717, 1.165) is 4.57 Å². The van der Waals surface area contributed by atoms with E-state index in [9.17, 15) is 9.59 Å². The monoisotopic (exact) mass is 235 g/mol. The standard InChI is InChI=1S/C11H13N3O3/c1-11(2,3)17-10(16)14-8-6-12-5-4-7(8)13-9(14)15/h4-6H,1-3H3,(H,13,15). The molecule has 0 aliphatic carbocycles. The Labute approximate surface area is 97.2 Å². The molecule has 1 N–H and O–H groups in total. The molecule has 0 spiro atoms. The maximum atomic E-state index is 11.8. The molecule has 0 amide bonds. The number of ether oxygens (including phenoxy) is 1. The number of hydrogen-bond acceptors (Lipinski definition) is 4. The summed E-state index contributed by atoms with van der Waals surface area (Å²) in [5, 5.41) is 0. The fourth-order valence-electron chi connectivity index (χ4n) is 1.44. The number of rotatable bonds is 0. The Hall–Kier alpha value is -2.11. The van der Waals surface area contributed by atoms with Gasteiger partial charge in [0, 0.05) is 6.20 Å². The highest BCUT2D eigenvalue weighted by atomic mass is 16.6. The minimum absolute atomic E-state index is 0.409. The van der Waals surface area contributed by atoms with E-state index in [1.807, 2.05) is 0 Å². The second-order valence-corrected chi connectivity index (χ2v) is 4.64. The number of aromatic amines is 1. The quantitative estimate of drug-likeness (QED) is 0.750. The van der Waals surface area contributed by atoms with Crippen LogP contribution in [-0.4, -0.2) is 26.2 Å². The summed E-state index contributed by atoms with van der Waals surface area (Å²) < 4.78 is 6.09. The number of carbonyl (C=O) groups excluding carboxylic acids is 1. The van der Waals surface area contributed by atoms with Gasteiger partial charge in [0.25, 0.3) is 0 Å². The van der Waals surface area contributed by atoms with Crippen LogP contribution >= 0.6 is 0 Å². The predicted molar refractivity (Wildman–Crippen MR) is 62.0 cm³/mol. The van der Waals surface area contributed by atoms with Crippen LogP contribution in [0.15, 0.2) is 23.3 Å². The zero-order valence-electron chi connectivity index (χ0n) is 9.85. The minimum atomic E-state index is -0.707. The maximum absolute atomic E-state index is 11.8. The number of H-pyrrole nitrogens is 1. The first-order valence-electron chi connectivity index (χ1n) is 5.16. The molecule has 90 valence electrons. The molecule has 0 bridgehead atoms. The second-order valence-electron chi connectivity index (χ2n) is 4.64. The van der Waals surface area contributed by atoms with E-state index in [2.05, 4.69) is 9.97 Å². The van der Waals surface area contributed by atoms with Crippen LogP contribution < -0.4 is 5.69 Å². The second kappa shape index (κ2) is 3.73. The van der Waals surface area contributed by atoms with Crippen LogP contribution in [0.5, 0.6) is 0 Å².